The zero-order valence-electron chi connectivity index (χ0n) is 22.1. The lowest BCUT2D eigenvalue weighted by Gasteiger charge is -2.27. The first-order valence-corrected chi connectivity index (χ1v) is 12.9. The molecule has 6 nitrogen and oxygen atoms in total. The molecule has 1 N–H and O–H groups in total. The van der Waals surface area contributed by atoms with Crippen molar-refractivity contribution in [1.29, 1.82) is 0 Å². The van der Waals surface area contributed by atoms with E-state index in [1.807, 2.05) is 62.4 Å². The molecule has 3 rings (SSSR count). The van der Waals surface area contributed by atoms with Crippen molar-refractivity contribution in [3.05, 3.63) is 65.2 Å². The minimum absolute atomic E-state index is 0.0701. The Bertz CT molecular complexity index is 1040. The molecule has 0 aliphatic carbocycles. The summed E-state index contributed by atoms with van der Waals surface area (Å²) in [4.78, 5) is 27.4. The van der Waals surface area contributed by atoms with Crippen molar-refractivity contribution in [3.8, 4) is 0 Å². The summed E-state index contributed by atoms with van der Waals surface area (Å²) in [6.07, 6.45) is 5.42. The molecule has 0 bridgehead atoms. The van der Waals surface area contributed by atoms with Gasteiger partial charge >= 0.3 is 0 Å². The van der Waals surface area contributed by atoms with E-state index in [4.69, 9.17) is 9.47 Å². The molecule has 6 heteroatoms. The van der Waals surface area contributed by atoms with Crippen molar-refractivity contribution < 1.29 is 19.1 Å². The fraction of sp³-hybridized carbons (Fsp3) is 0.467. The standard InChI is InChI=1S/C30H40N2O4/c1-23(2)17-19-36-30(3,4)22-35-20-18-31-28(33)15-16-29(34)32-21-26-11-6-5-9-24(26)13-14-25-10-7-8-12-27(25)32/h5-14,23H,15-22H2,1-4H3,(H,31,33)/b14-13-. The number of carbonyl (C=O) groups excluding carboxylic acids is 2. The fourth-order valence-electron chi connectivity index (χ4n) is 4.01. The molecule has 0 radical (unpaired) electrons. The smallest absolute Gasteiger partial charge is 0.227 e. The molecule has 0 saturated heterocycles. The Morgan fingerprint density at radius 2 is 1.67 bits per heavy atom. The number of fused-ring (bicyclic) bond motifs is 2. The van der Waals surface area contributed by atoms with Crippen LogP contribution in [0.2, 0.25) is 0 Å². The maximum Gasteiger partial charge on any atom is 0.227 e. The summed E-state index contributed by atoms with van der Waals surface area (Å²) in [6, 6.07) is 15.9. The Hall–Kier alpha value is -2.96. The monoisotopic (exact) mass is 492 g/mol. The largest absolute Gasteiger partial charge is 0.377 e. The third kappa shape index (κ3) is 8.61. The molecule has 0 aromatic heterocycles. The second-order valence-electron chi connectivity index (χ2n) is 10.3. The zero-order chi connectivity index (χ0) is 26.0. The van der Waals surface area contributed by atoms with Crippen LogP contribution in [0.25, 0.3) is 12.2 Å². The van der Waals surface area contributed by atoms with Gasteiger partial charge in [-0.2, -0.15) is 0 Å². The molecule has 1 heterocycles. The Kier molecular flexibility index (Phi) is 10.3. The fourth-order valence-corrected chi connectivity index (χ4v) is 4.01. The predicted octanol–water partition coefficient (Wildman–Crippen LogP) is 5.46. The molecule has 0 saturated carbocycles. The lowest BCUT2D eigenvalue weighted by atomic mass is 10.0. The lowest BCUT2D eigenvalue weighted by Crippen LogP contribution is -2.35. The summed E-state index contributed by atoms with van der Waals surface area (Å²) in [6.45, 7) is 10.8. The van der Waals surface area contributed by atoms with E-state index in [0.29, 0.717) is 38.8 Å². The van der Waals surface area contributed by atoms with Gasteiger partial charge in [-0.25, -0.2) is 0 Å². The van der Waals surface area contributed by atoms with Crippen LogP contribution in [-0.2, 0) is 25.6 Å². The third-order valence-electron chi connectivity index (χ3n) is 6.13. The zero-order valence-corrected chi connectivity index (χ0v) is 22.1. The number of amides is 2. The molecule has 0 spiro atoms. The van der Waals surface area contributed by atoms with Crippen molar-refractivity contribution in [2.45, 2.75) is 59.1 Å². The second-order valence-corrected chi connectivity index (χ2v) is 10.3. The van der Waals surface area contributed by atoms with Crippen LogP contribution in [0.1, 0.15) is 63.6 Å². The molecule has 1 aliphatic heterocycles. The molecule has 194 valence electrons. The number of nitrogens with zero attached hydrogens (tertiary/aromatic N) is 1. The number of ether oxygens (including phenoxy) is 2. The second kappa shape index (κ2) is 13.4. The molecule has 0 atom stereocenters. The first-order chi connectivity index (χ1) is 17.2. The summed E-state index contributed by atoms with van der Waals surface area (Å²) in [5.41, 5.74) is 3.66. The van der Waals surface area contributed by atoms with E-state index in [1.54, 1.807) is 4.90 Å². The average molecular weight is 493 g/mol. The van der Waals surface area contributed by atoms with E-state index in [-0.39, 0.29) is 30.3 Å². The maximum atomic E-state index is 13.2. The third-order valence-corrected chi connectivity index (χ3v) is 6.13. The summed E-state index contributed by atoms with van der Waals surface area (Å²) >= 11 is 0. The van der Waals surface area contributed by atoms with E-state index in [0.717, 1.165) is 28.8 Å². The summed E-state index contributed by atoms with van der Waals surface area (Å²) < 4.78 is 11.6. The van der Waals surface area contributed by atoms with Gasteiger partial charge in [0.25, 0.3) is 0 Å². The molecular formula is C30H40N2O4. The SMILES string of the molecule is CC(C)CCOC(C)(C)COCCNC(=O)CCC(=O)N1Cc2ccccc2/C=C\c2ccccc21. The van der Waals surface area contributed by atoms with Crippen LogP contribution in [0.3, 0.4) is 0 Å². The van der Waals surface area contributed by atoms with Crippen LogP contribution in [0.5, 0.6) is 0 Å². The van der Waals surface area contributed by atoms with Gasteiger partial charge in [0.2, 0.25) is 11.8 Å². The highest BCUT2D eigenvalue weighted by atomic mass is 16.5. The number of hydrogen-bond donors (Lipinski definition) is 1. The van der Waals surface area contributed by atoms with E-state index >= 15 is 0 Å². The van der Waals surface area contributed by atoms with Crippen LogP contribution in [0, 0.1) is 5.92 Å². The summed E-state index contributed by atoms with van der Waals surface area (Å²) in [5.74, 6) is 0.384. The van der Waals surface area contributed by atoms with E-state index in [1.165, 1.54) is 0 Å². The number of nitrogens with one attached hydrogen (secondary N) is 1. The van der Waals surface area contributed by atoms with Gasteiger partial charge in [0.05, 0.1) is 31.0 Å². The number of benzene rings is 2. The summed E-state index contributed by atoms with van der Waals surface area (Å²) in [5, 5.41) is 2.86. The molecule has 36 heavy (non-hydrogen) atoms. The van der Waals surface area contributed by atoms with Crippen LogP contribution in [0.4, 0.5) is 5.69 Å². The molecule has 1 aliphatic rings. The number of para-hydroxylation sites is 1. The Morgan fingerprint density at radius 3 is 2.44 bits per heavy atom. The van der Waals surface area contributed by atoms with Gasteiger partial charge in [-0.15, -0.1) is 0 Å². The van der Waals surface area contributed by atoms with E-state index in [2.05, 4.69) is 31.3 Å². The van der Waals surface area contributed by atoms with Crippen LogP contribution in [0.15, 0.2) is 48.5 Å². The van der Waals surface area contributed by atoms with Gasteiger partial charge in [-0.3, -0.25) is 9.59 Å². The summed E-state index contributed by atoms with van der Waals surface area (Å²) in [7, 11) is 0. The molecule has 0 fully saturated rings. The van der Waals surface area contributed by atoms with Gasteiger partial charge in [-0.1, -0.05) is 68.5 Å². The van der Waals surface area contributed by atoms with Crippen molar-refractivity contribution >= 4 is 29.7 Å². The minimum Gasteiger partial charge on any atom is -0.377 e. The Morgan fingerprint density at radius 1 is 0.972 bits per heavy atom. The topological polar surface area (TPSA) is 67.9 Å². The highest BCUT2D eigenvalue weighted by molar-refractivity contribution is 5.98. The van der Waals surface area contributed by atoms with Crippen molar-refractivity contribution in [2.75, 3.05) is 31.3 Å². The van der Waals surface area contributed by atoms with Crippen molar-refractivity contribution in [1.82, 2.24) is 5.32 Å². The normalized spacial score (nSPS) is 14.0. The highest BCUT2D eigenvalue weighted by Crippen LogP contribution is 2.29. The van der Waals surface area contributed by atoms with Gasteiger partial charge < -0.3 is 19.7 Å². The Labute approximate surface area is 215 Å². The van der Waals surface area contributed by atoms with Crippen LogP contribution in [-0.4, -0.2) is 43.8 Å². The van der Waals surface area contributed by atoms with Gasteiger partial charge in [0.15, 0.2) is 0 Å². The van der Waals surface area contributed by atoms with Crippen LogP contribution < -0.4 is 10.2 Å². The maximum absolute atomic E-state index is 13.2. The first-order valence-electron chi connectivity index (χ1n) is 12.9. The van der Waals surface area contributed by atoms with Crippen molar-refractivity contribution in [3.63, 3.8) is 0 Å². The quantitative estimate of drug-likeness (QED) is 0.400. The van der Waals surface area contributed by atoms with Crippen LogP contribution >= 0.6 is 0 Å². The predicted molar refractivity (Wildman–Crippen MR) is 146 cm³/mol. The number of rotatable bonds is 12. The van der Waals surface area contributed by atoms with E-state index < -0.39 is 0 Å². The van der Waals surface area contributed by atoms with Crippen molar-refractivity contribution in [2.24, 2.45) is 5.92 Å². The van der Waals surface area contributed by atoms with Gasteiger partial charge in [0.1, 0.15) is 0 Å². The minimum atomic E-state index is -0.360. The molecule has 0 unspecified atom stereocenters. The molecule has 2 amide bonds. The van der Waals surface area contributed by atoms with Gasteiger partial charge in [-0.05, 0) is 48.9 Å². The number of hydrogen-bond acceptors (Lipinski definition) is 4. The lowest BCUT2D eigenvalue weighted by molar-refractivity contribution is -0.125. The molecule has 2 aromatic carbocycles. The first kappa shape index (κ1) is 27.6. The highest BCUT2D eigenvalue weighted by Gasteiger charge is 2.22. The average Bonchev–Trinajstić information content (AvgIpc) is 2.83. The molecular weight excluding hydrogens is 452 g/mol. The van der Waals surface area contributed by atoms with Gasteiger partial charge in [0, 0.05) is 26.0 Å². The number of carbonyl (C=O) groups is 2. The van der Waals surface area contributed by atoms with E-state index in [9.17, 15) is 9.59 Å². The Balaban J connectivity index is 1.45. The number of anilines is 1. The molecule has 2 aromatic rings.